The summed E-state index contributed by atoms with van der Waals surface area (Å²) in [4.78, 5) is 7.10. The summed E-state index contributed by atoms with van der Waals surface area (Å²) in [5.41, 5.74) is 1.82. The summed E-state index contributed by atoms with van der Waals surface area (Å²) in [5.74, 6) is 3.08. The predicted molar refractivity (Wildman–Crippen MR) is 91.6 cm³/mol. The Morgan fingerprint density at radius 1 is 1.04 bits per heavy atom. The Morgan fingerprint density at radius 3 is 2.67 bits per heavy atom. The lowest BCUT2D eigenvalue weighted by Crippen LogP contribution is -2.33. The molecular formula is C16H19N7S. The molecule has 2 fully saturated rings. The van der Waals surface area contributed by atoms with Crippen molar-refractivity contribution in [2.75, 3.05) is 18.0 Å². The van der Waals surface area contributed by atoms with E-state index in [2.05, 4.69) is 24.6 Å². The second-order valence-electron chi connectivity index (χ2n) is 6.77. The predicted octanol–water partition coefficient (Wildman–Crippen LogP) is 2.55. The topological polar surface area (TPSA) is 72.1 Å². The van der Waals surface area contributed by atoms with E-state index in [0.717, 1.165) is 54.1 Å². The lowest BCUT2D eigenvalue weighted by molar-refractivity contribution is 0.476. The minimum atomic E-state index is 0.404. The summed E-state index contributed by atoms with van der Waals surface area (Å²) in [7, 11) is 0. The lowest BCUT2D eigenvalue weighted by Gasteiger charge is -2.30. The fourth-order valence-electron chi connectivity index (χ4n) is 3.34. The maximum atomic E-state index is 4.73. The van der Waals surface area contributed by atoms with Gasteiger partial charge < -0.3 is 4.90 Å². The van der Waals surface area contributed by atoms with Gasteiger partial charge in [-0.25, -0.2) is 4.98 Å². The van der Waals surface area contributed by atoms with Crippen molar-refractivity contribution in [3.63, 3.8) is 0 Å². The van der Waals surface area contributed by atoms with Crippen LogP contribution in [0.2, 0.25) is 0 Å². The van der Waals surface area contributed by atoms with Gasteiger partial charge in [-0.05, 0) is 44.7 Å². The molecule has 2 aliphatic rings. The van der Waals surface area contributed by atoms with Gasteiger partial charge in [0.25, 0.3) is 0 Å². The lowest BCUT2D eigenvalue weighted by atomic mass is 9.96. The zero-order valence-electron chi connectivity index (χ0n) is 13.6. The molecule has 1 aliphatic carbocycles. The molecule has 1 saturated carbocycles. The van der Waals surface area contributed by atoms with Gasteiger partial charge in [0.05, 0.1) is 5.69 Å². The molecule has 0 radical (unpaired) electrons. The molecule has 0 bridgehead atoms. The number of hydrogen-bond acceptors (Lipinski definition) is 7. The fourth-order valence-corrected chi connectivity index (χ4v) is 4.14. The molecule has 24 heavy (non-hydrogen) atoms. The van der Waals surface area contributed by atoms with Gasteiger partial charge in [-0.2, -0.15) is 14.0 Å². The van der Waals surface area contributed by atoms with E-state index in [1.54, 1.807) is 11.5 Å². The molecule has 124 valence electrons. The zero-order valence-corrected chi connectivity index (χ0v) is 14.4. The highest BCUT2D eigenvalue weighted by atomic mass is 32.1. The molecule has 3 aromatic rings. The molecular weight excluding hydrogens is 322 g/mol. The van der Waals surface area contributed by atoms with Crippen LogP contribution in [0.3, 0.4) is 0 Å². The minimum Gasteiger partial charge on any atom is -0.347 e. The zero-order chi connectivity index (χ0) is 16.1. The van der Waals surface area contributed by atoms with Gasteiger partial charge in [0.1, 0.15) is 5.82 Å². The SMILES string of the molecule is Cc1ccc2nnc(C3CCN(c4nc(C5CC5)ns4)CC3)n2n1. The molecule has 1 saturated heterocycles. The van der Waals surface area contributed by atoms with Crippen LogP contribution in [0.15, 0.2) is 12.1 Å². The Hall–Kier alpha value is -2.09. The van der Waals surface area contributed by atoms with Gasteiger partial charge in [0.2, 0.25) is 5.13 Å². The first-order valence-corrected chi connectivity index (χ1v) is 9.33. The van der Waals surface area contributed by atoms with Crippen molar-refractivity contribution in [1.82, 2.24) is 29.2 Å². The smallest absolute Gasteiger partial charge is 0.205 e. The number of hydrogen-bond donors (Lipinski definition) is 0. The van der Waals surface area contributed by atoms with Gasteiger partial charge in [-0.3, -0.25) is 0 Å². The largest absolute Gasteiger partial charge is 0.347 e. The molecule has 4 heterocycles. The Kier molecular flexibility index (Phi) is 3.26. The molecule has 0 amide bonds. The van der Waals surface area contributed by atoms with Crippen LogP contribution in [-0.4, -0.2) is 42.3 Å². The van der Waals surface area contributed by atoms with Crippen LogP contribution in [0.25, 0.3) is 5.65 Å². The first-order chi connectivity index (χ1) is 11.8. The van der Waals surface area contributed by atoms with Crippen LogP contribution >= 0.6 is 11.5 Å². The summed E-state index contributed by atoms with van der Waals surface area (Å²) in [6, 6.07) is 3.96. The average molecular weight is 341 g/mol. The van der Waals surface area contributed by atoms with Crippen LogP contribution in [-0.2, 0) is 0 Å². The van der Waals surface area contributed by atoms with Crippen LogP contribution in [0.1, 0.15) is 54.9 Å². The normalized spacial score (nSPS) is 19.3. The fraction of sp³-hybridized carbons (Fsp3) is 0.562. The number of aromatic nitrogens is 6. The minimum absolute atomic E-state index is 0.404. The van der Waals surface area contributed by atoms with E-state index in [1.165, 1.54) is 12.8 Å². The van der Waals surface area contributed by atoms with E-state index < -0.39 is 0 Å². The Labute approximate surface area is 143 Å². The first-order valence-electron chi connectivity index (χ1n) is 8.55. The summed E-state index contributed by atoms with van der Waals surface area (Å²) >= 11 is 1.55. The number of nitrogens with zero attached hydrogens (tertiary/aromatic N) is 7. The highest BCUT2D eigenvalue weighted by Gasteiger charge is 2.30. The van der Waals surface area contributed by atoms with Crippen LogP contribution in [0.5, 0.6) is 0 Å². The molecule has 1 aliphatic heterocycles. The highest BCUT2D eigenvalue weighted by Crippen LogP contribution is 2.40. The van der Waals surface area contributed by atoms with Crippen molar-refractivity contribution in [2.24, 2.45) is 0 Å². The van der Waals surface area contributed by atoms with Gasteiger partial charge in [0.15, 0.2) is 11.5 Å². The molecule has 8 heteroatoms. The molecule has 0 aromatic carbocycles. The molecule has 0 N–H and O–H groups in total. The first kappa shape index (κ1) is 14.3. The molecule has 0 unspecified atom stereocenters. The van der Waals surface area contributed by atoms with E-state index in [4.69, 9.17) is 4.98 Å². The molecule has 7 nitrogen and oxygen atoms in total. The van der Waals surface area contributed by atoms with Gasteiger partial charge >= 0.3 is 0 Å². The van der Waals surface area contributed by atoms with E-state index in [-0.39, 0.29) is 0 Å². The summed E-state index contributed by atoms with van der Waals surface area (Å²) in [6.07, 6.45) is 4.61. The van der Waals surface area contributed by atoms with E-state index in [1.807, 2.05) is 23.6 Å². The molecule has 5 rings (SSSR count). The monoisotopic (exact) mass is 341 g/mol. The third-order valence-corrected chi connectivity index (χ3v) is 5.72. The standard InChI is InChI=1S/C16H19N7S/c1-10-2-5-13-18-19-15(23(13)20-10)12-6-8-22(9-7-12)16-17-14(21-24-16)11-3-4-11/h2,5,11-12H,3-4,6-9H2,1H3. The number of fused-ring (bicyclic) bond motifs is 1. The summed E-state index contributed by atoms with van der Waals surface area (Å²) < 4.78 is 6.43. The Bertz CT molecular complexity index is 874. The maximum Gasteiger partial charge on any atom is 0.205 e. The third-order valence-electron chi connectivity index (χ3n) is 4.92. The molecule has 0 spiro atoms. The van der Waals surface area contributed by atoms with E-state index >= 15 is 0 Å². The van der Waals surface area contributed by atoms with E-state index in [0.29, 0.717) is 11.8 Å². The van der Waals surface area contributed by atoms with Crippen molar-refractivity contribution in [3.8, 4) is 0 Å². The number of anilines is 1. The van der Waals surface area contributed by atoms with Crippen LogP contribution in [0, 0.1) is 6.92 Å². The quantitative estimate of drug-likeness (QED) is 0.729. The van der Waals surface area contributed by atoms with Crippen molar-refractivity contribution in [1.29, 1.82) is 0 Å². The summed E-state index contributed by atoms with van der Waals surface area (Å²) in [6.45, 7) is 3.98. The van der Waals surface area contributed by atoms with Crippen LogP contribution < -0.4 is 4.90 Å². The van der Waals surface area contributed by atoms with Crippen molar-refractivity contribution < 1.29 is 0 Å². The maximum absolute atomic E-state index is 4.73. The number of piperidine rings is 1. The van der Waals surface area contributed by atoms with Crippen LogP contribution in [0.4, 0.5) is 5.13 Å². The van der Waals surface area contributed by atoms with Gasteiger partial charge in [-0.15, -0.1) is 10.2 Å². The average Bonchev–Trinajstić information content (AvgIpc) is 3.19. The highest BCUT2D eigenvalue weighted by molar-refractivity contribution is 7.09. The number of aryl methyl sites for hydroxylation is 1. The molecule has 3 aromatic heterocycles. The van der Waals surface area contributed by atoms with Gasteiger partial charge in [0, 0.05) is 36.5 Å². The van der Waals surface area contributed by atoms with Crippen molar-refractivity contribution >= 4 is 22.3 Å². The molecule has 0 atom stereocenters. The van der Waals surface area contributed by atoms with Gasteiger partial charge in [-0.1, -0.05) is 0 Å². The third kappa shape index (κ3) is 2.45. The second-order valence-corrected chi connectivity index (χ2v) is 7.50. The summed E-state index contributed by atoms with van der Waals surface area (Å²) in [5, 5.41) is 14.3. The Morgan fingerprint density at radius 2 is 1.88 bits per heavy atom. The number of rotatable bonds is 3. The Balaban J connectivity index is 1.32. The van der Waals surface area contributed by atoms with E-state index in [9.17, 15) is 0 Å². The second kappa shape index (κ2) is 5.47. The van der Waals surface area contributed by atoms with Crippen molar-refractivity contribution in [2.45, 2.75) is 44.4 Å². The van der Waals surface area contributed by atoms with Crippen molar-refractivity contribution in [3.05, 3.63) is 29.5 Å².